The first-order chi connectivity index (χ1) is 5.68. The van der Waals surface area contributed by atoms with E-state index in [1.54, 1.807) is 0 Å². The molecule has 0 saturated heterocycles. The van der Waals surface area contributed by atoms with E-state index in [2.05, 4.69) is 6.92 Å². The molecule has 0 aromatic carbocycles. The van der Waals surface area contributed by atoms with Crippen molar-refractivity contribution in [3.63, 3.8) is 0 Å². The van der Waals surface area contributed by atoms with Crippen molar-refractivity contribution in [2.24, 2.45) is 5.92 Å². The fourth-order valence-corrected chi connectivity index (χ4v) is 2.21. The van der Waals surface area contributed by atoms with Crippen molar-refractivity contribution in [2.45, 2.75) is 39.2 Å². The number of rotatable bonds is 1. The fraction of sp³-hybridized carbons (Fsp3) is 0.700. The van der Waals surface area contributed by atoms with E-state index in [-0.39, 0.29) is 12.1 Å². The van der Waals surface area contributed by atoms with Gasteiger partial charge in [-0.3, -0.25) is 4.79 Å². The zero-order chi connectivity index (χ0) is 8.72. The largest absolute Gasteiger partial charge is 0.458 e. The average molecular weight is 166 g/mol. The zero-order valence-electron chi connectivity index (χ0n) is 7.59. The van der Waals surface area contributed by atoms with Crippen molar-refractivity contribution in [1.82, 2.24) is 0 Å². The number of carbonyl (C=O) groups excluding carboxylic acids is 1. The second-order valence-electron chi connectivity index (χ2n) is 3.84. The van der Waals surface area contributed by atoms with Crippen LogP contribution in [-0.4, -0.2) is 12.1 Å². The summed E-state index contributed by atoms with van der Waals surface area (Å²) in [5.74, 6) is 0.490. The third-order valence-electron chi connectivity index (χ3n) is 2.98. The monoisotopic (exact) mass is 166 g/mol. The Morgan fingerprint density at radius 1 is 1.58 bits per heavy atom. The van der Waals surface area contributed by atoms with Gasteiger partial charge in [-0.2, -0.15) is 0 Å². The van der Waals surface area contributed by atoms with Gasteiger partial charge in [-0.15, -0.1) is 0 Å². The second kappa shape index (κ2) is 2.61. The van der Waals surface area contributed by atoms with Crippen LogP contribution in [0.1, 0.15) is 33.1 Å². The van der Waals surface area contributed by atoms with Gasteiger partial charge in [0.1, 0.15) is 6.10 Å². The third kappa shape index (κ3) is 1.06. The number of hydrogen-bond acceptors (Lipinski definition) is 2. The molecule has 2 nitrogen and oxygen atoms in total. The molecule has 0 heterocycles. The molecule has 2 heteroatoms. The van der Waals surface area contributed by atoms with Crippen molar-refractivity contribution >= 4 is 5.97 Å². The fourth-order valence-electron chi connectivity index (χ4n) is 2.21. The summed E-state index contributed by atoms with van der Waals surface area (Å²) < 4.78 is 5.23. The Morgan fingerprint density at radius 3 is 2.83 bits per heavy atom. The molecule has 0 N–H and O–H groups in total. The quantitative estimate of drug-likeness (QED) is 0.440. The van der Waals surface area contributed by atoms with Crippen LogP contribution < -0.4 is 0 Å². The molecule has 0 aromatic rings. The van der Waals surface area contributed by atoms with Crippen molar-refractivity contribution in [3.8, 4) is 0 Å². The lowest BCUT2D eigenvalue weighted by Crippen LogP contribution is -2.41. The van der Waals surface area contributed by atoms with Crippen LogP contribution in [0.5, 0.6) is 0 Å². The summed E-state index contributed by atoms with van der Waals surface area (Å²) in [6, 6.07) is 0. The van der Waals surface area contributed by atoms with Crippen LogP contribution in [-0.2, 0) is 9.53 Å². The second-order valence-corrected chi connectivity index (χ2v) is 3.84. The molecular weight excluding hydrogens is 152 g/mol. The van der Waals surface area contributed by atoms with Gasteiger partial charge >= 0.3 is 5.97 Å². The molecule has 66 valence electrons. The van der Waals surface area contributed by atoms with Crippen LogP contribution in [0.15, 0.2) is 11.1 Å². The summed E-state index contributed by atoms with van der Waals surface area (Å²) in [5.41, 5.74) is 2.84. The first-order valence-electron chi connectivity index (χ1n) is 4.54. The van der Waals surface area contributed by atoms with Gasteiger partial charge < -0.3 is 4.74 Å². The molecule has 0 radical (unpaired) electrons. The van der Waals surface area contributed by atoms with Crippen LogP contribution >= 0.6 is 0 Å². The van der Waals surface area contributed by atoms with Gasteiger partial charge in [0.25, 0.3) is 0 Å². The normalized spacial score (nSPS) is 32.8. The minimum absolute atomic E-state index is 0.142. The van der Waals surface area contributed by atoms with Gasteiger partial charge in [-0.25, -0.2) is 0 Å². The van der Waals surface area contributed by atoms with Gasteiger partial charge in [0.15, 0.2) is 0 Å². The topological polar surface area (TPSA) is 26.3 Å². The average Bonchev–Trinajstić information content (AvgIpc) is 1.99. The summed E-state index contributed by atoms with van der Waals surface area (Å²) in [7, 11) is 0. The SMILES string of the molecule is CC(=O)OC1C2=C(C)CCC1C2. The lowest BCUT2D eigenvalue weighted by Gasteiger charge is -2.44. The van der Waals surface area contributed by atoms with Crippen LogP contribution in [0, 0.1) is 5.92 Å². The van der Waals surface area contributed by atoms with Gasteiger partial charge in [-0.1, -0.05) is 5.57 Å². The smallest absolute Gasteiger partial charge is 0.303 e. The highest BCUT2D eigenvalue weighted by molar-refractivity contribution is 5.67. The summed E-state index contributed by atoms with van der Waals surface area (Å²) >= 11 is 0. The van der Waals surface area contributed by atoms with E-state index in [0.29, 0.717) is 5.92 Å². The predicted octanol–water partition coefficient (Wildman–Crippen LogP) is 2.05. The Morgan fingerprint density at radius 2 is 2.33 bits per heavy atom. The van der Waals surface area contributed by atoms with E-state index in [0.717, 1.165) is 0 Å². The number of fused-ring (bicyclic) bond motifs is 2. The van der Waals surface area contributed by atoms with Crippen molar-refractivity contribution in [2.75, 3.05) is 0 Å². The molecule has 1 fully saturated rings. The molecule has 3 aliphatic rings. The van der Waals surface area contributed by atoms with Crippen molar-refractivity contribution in [3.05, 3.63) is 11.1 Å². The summed E-state index contributed by atoms with van der Waals surface area (Å²) in [6.07, 6.45) is 3.73. The number of carbonyl (C=O) groups is 1. The Hall–Kier alpha value is -0.790. The Bertz CT molecular complexity index is 253. The summed E-state index contributed by atoms with van der Waals surface area (Å²) in [5, 5.41) is 0. The molecule has 0 aromatic heterocycles. The first kappa shape index (κ1) is 7.84. The van der Waals surface area contributed by atoms with E-state index >= 15 is 0 Å². The standard InChI is InChI=1S/C10H14O2/c1-6-3-4-8-5-9(6)10(8)12-7(2)11/h8,10H,3-5H2,1-2H3. The maximum Gasteiger partial charge on any atom is 0.303 e. The Balaban J connectivity index is 2.10. The van der Waals surface area contributed by atoms with Crippen molar-refractivity contribution < 1.29 is 9.53 Å². The molecule has 2 atom stereocenters. The number of esters is 1. The van der Waals surface area contributed by atoms with Gasteiger partial charge in [0.2, 0.25) is 0 Å². The van der Waals surface area contributed by atoms with E-state index in [9.17, 15) is 4.79 Å². The minimum Gasteiger partial charge on any atom is -0.458 e. The van der Waals surface area contributed by atoms with E-state index in [1.807, 2.05) is 0 Å². The molecule has 0 spiro atoms. The van der Waals surface area contributed by atoms with E-state index in [1.165, 1.54) is 37.3 Å². The number of ether oxygens (including phenoxy) is 1. The molecular formula is C10H14O2. The molecule has 3 aliphatic carbocycles. The highest BCUT2D eigenvalue weighted by atomic mass is 16.5. The highest BCUT2D eigenvalue weighted by Crippen LogP contribution is 2.46. The third-order valence-corrected chi connectivity index (χ3v) is 2.98. The molecule has 0 amide bonds. The van der Waals surface area contributed by atoms with Crippen molar-refractivity contribution in [1.29, 1.82) is 0 Å². The maximum absolute atomic E-state index is 10.7. The predicted molar refractivity (Wildman–Crippen MR) is 45.6 cm³/mol. The molecule has 2 bridgehead atoms. The van der Waals surface area contributed by atoms with Crippen LogP contribution in [0.4, 0.5) is 0 Å². The number of hydrogen-bond donors (Lipinski definition) is 0. The molecule has 12 heavy (non-hydrogen) atoms. The Kier molecular flexibility index (Phi) is 1.71. The van der Waals surface area contributed by atoms with Crippen LogP contribution in [0.3, 0.4) is 0 Å². The first-order valence-corrected chi connectivity index (χ1v) is 4.54. The highest BCUT2D eigenvalue weighted by Gasteiger charge is 2.42. The number of allylic oxidation sites excluding steroid dienone is 1. The maximum atomic E-state index is 10.7. The Labute approximate surface area is 72.6 Å². The molecule has 0 aliphatic heterocycles. The lowest BCUT2D eigenvalue weighted by atomic mass is 9.67. The van der Waals surface area contributed by atoms with Gasteiger partial charge in [-0.05, 0) is 31.8 Å². The van der Waals surface area contributed by atoms with E-state index < -0.39 is 0 Å². The lowest BCUT2D eigenvalue weighted by molar-refractivity contribution is -0.150. The zero-order valence-corrected chi connectivity index (χ0v) is 7.59. The van der Waals surface area contributed by atoms with Gasteiger partial charge in [0, 0.05) is 12.8 Å². The van der Waals surface area contributed by atoms with Crippen LogP contribution in [0.25, 0.3) is 0 Å². The van der Waals surface area contributed by atoms with Crippen LogP contribution in [0.2, 0.25) is 0 Å². The summed E-state index contributed by atoms with van der Waals surface area (Å²) in [6.45, 7) is 3.64. The molecule has 1 saturated carbocycles. The molecule has 2 unspecified atom stereocenters. The minimum atomic E-state index is -0.142. The van der Waals surface area contributed by atoms with E-state index in [4.69, 9.17) is 4.74 Å². The van der Waals surface area contributed by atoms with Gasteiger partial charge in [0.05, 0.1) is 0 Å². The summed E-state index contributed by atoms with van der Waals surface area (Å²) in [4.78, 5) is 10.7. The molecule has 3 rings (SSSR count).